The molecule has 6 fully saturated rings. The minimum atomic E-state index is -1.05. The third-order valence-corrected chi connectivity index (χ3v) is 10.0. The van der Waals surface area contributed by atoms with E-state index in [4.69, 9.17) is 4.74 Å². The highest BCUT2D eigenvalue weighted by Crippen LogP contribution is 2.71. The van der Waals surface area contributed by atoms with E-state index in [9.17, 15) is 15.0 Å². The Morgan fingerprint density at radius 2 is 2.00 bits per heavy atom. The van der Waals surface area contributed by atoms with Crippen molar-refractivity contribution in [3.05, 3.63) is 23.3 Å². The van der Waals surface area contributed by atoms with Crippen LogP contribution in [0, 0.1) is 11.8 Å². The molecule has 6 nitrogen and oxygen atoms in total. The number of fused-ring (bicyclic) bond motifs is 2. The zero-order valence-electron chi connectivity index (χ0n) is 17.8. The fourth-order valence-electron chi connectivity index (χ4n) is 8.54. The van der Waals surface area contributed by atoms with Crippen LogP contribution < -0.4 is 4.74 Å². The molecule has 31 heavy (non-hydrogen) atoms. The first-order valence-corrected chi connectivity index (χ1v) is 12.3. The average molecular weight is 423 g/mol. The largest absolute Gasteiger partial charge is 0.504 e. The summed E-state index contributed by atoms with van der Waals surface area (Å²) in [5, 5.41) is 22.7. The lowest BCUT2D eigenvalue weighted by molar-refractivity contribution is -0.262. The Morgan fingerprint density at radius 3 is 2.77 bits per heavy atom. The first kappa shape index (κ1) is 17.7. The molecule has 2 N–H and O–H groups in total. The lowest BCUT2D eigenvalue weighted by Gasteiger charge is -2.74. The van der Waals surface area contributed by atoms with E-state index < -0.39 is 11.0 Å². The molecule has 4 aliphatic heterocycles. The van der Waals surface area contributed by atoms with Crippen LogP contribution in [-0.2, 0) is 16.6 Å². The number of ether oxygens (including phenoxy) is 1. The van der Waals surface area contributed by atoms with Gasteiger partial charge in [-0.15, -0.1) is 0 Å². The van der Waals surface area contributed by atoms with Gasteiger partial charge in [-0.25, -0.2) is 0 Å². The standard InChI is InChI=1S/C25H30N2O4/c28-17-6-5-16-11-18-25-8-7-23(30,13-27(25)21(29)15-3-4-15)22-24(25,19(16)20(17)31-22)9-10-26(18)12-14-1-2-14/h5-6,14-15,18,22,28,30H,1-4,7-13H2/t18-,22+,23-,24+,25-/m1/s1. The van der Waals surface area contributed by atoms with Crippen molar-refractivity contribution >= 4 is 5.91 Å². The van der Waals surface area contributed by atoms with Crippen LogP contribution >= 0.6 is 0 Å². The van der Waals surface area contributed by atoms with E-state index in [-0.39, 0.29) is 35.3 Å². The SMILES string of the molecule is O=C(C1CC1)N1C[C@]2(O)CC[C@]13[C@H]1Cc4ccc(O)c5c4[C@@]3(CCN1CC1CC1)[C@H]2O5. The molecule has 0 unspecified atom stereocenters. The van der Waals surface area contributed by atoms with Gasteiger partial charge in [-0.2, -0.15) is 0 Å². The van der Waals surface area contributed by atoms with Crippen LogP contribution in [0.15, 0.2) is 12.1 Å². The van der Waals surface area contributed by atoms with Crippen molar-refractivity contribution in [3.8, 4) is 11.5 Å². The van der Waals surface area contributed by atoms with E-state index >= 15 is 0 Å². The fourth-order valence-corrected chi connectivity index (χ4v) is 8.54. The Labute approximate surface area is 182 Å². The highest BCUT2D eigenvalue weighted by Gasteiger charge is 2.81. The van der Waals surface area contributed by atoms with Gasteiger partial charge < -0.3 is 19.8 Å². The number of likely N-dealkylation sites (tertiary alicyclic amines) is 1. The van der Waals surface area contributed by atoms with Gasteiger partial charge >= 0.3 is 0 Å². The molecule has 164 valence electrons. The Balaban J connectivity index is 1.40. The maximum atomic E-state index is 13.7. The number of amides is 1. The number of phenolic OH excluding ortho intramolecular Hbond substituents is 1. The Bertz CT molecular complexity index is 1030. The summed E-state index contributed by atoms with van der Waals surface area (Å²) >= 11 is 0. The van der Waals surface area contributed by atoms with E-state index in [1.165, 1.54) is 18.4 Å². The molecular weight excluding hydrogens is 392 g/mol. The highest BCUT2D eigenvalue weighted by atomic mass is 16.5. The Morgan fingerprint density at radius 1 is 1.16 bits per heavy atom. The van der Waals surface area contributed by atoms with E-state index in [1.54, 1.807) is 6.07 Å². The third kappa shape index (κ3) is 1.86. The number of nitrogens with zero attached hydrogens (tertiary/aromatic N) is 2. The van der Waals surface area contributed by atoms with Crippen LogP contribution in [0.4, 0.5) is 0 Å². The van der Waals surface area contributed by atoms with Crippen molar-refractivity contribution in [3.63, 3.8) is 0 Å². The first-order chi connectivity index (χ1) is 15.0. The molecule has 8 aliphatic rings. The van der Waals surface area contributed by atoms with Crippen LogP contribution in [0.25, 0.3) is 0 Å². The van der Waals surface area contributed by atoms with Crippen molar-refractivity contribution in [2.24, 2.45) is 11.8 Å². The summed E-state index contributed by atoms with van der Waals surface area (Å²) in [5.74, 6) is 1.96. The smallest absolute Gasteiger partial charge is 0.226 e. The van der Waals surface area contributed by atoms with E-state index in [1.807, 2.05) is 0 Å². The van der Waals surface area contributed by atoms with Gasteiger partial charge in [-0.05, 0) is 75.5 Å². The topological polar surface area (TPSA) is 73.2 Å². The van der Waals surface area contributed by atoms with E-state index in [2.05, 4.69) is 15.9 Å². The second-order valence-electron chi connectivity index (χ2n) is 11.6. The molecule has 0 aromatic heterocycles. The number of piperidine rings is 3. The fraction of sp³-hybridized carbons (Fsp3) is 0.720. The van der Waals surface area contributed by atoms with Crippen molar-refractivity contribution < 1.29 is 19.7 Å². The van der Waals surface area contributed by atoms with E-state index in [0.29, 0.717) is 18.7 Å². The van der Waals surface area contributed by atoms with Crippen LogP contribution in [0.5, 0.6) is 11.5 Å². The number of aromatic hydroxyl groups is 1. The van der Waals surface area contributed by atoms with Crippen molar-refractivity contribution in [1.29, 1.82) is 0 Å². The summed E-state index contributed by atoms with van der Waals surface area (Å²) in [6.07, 6.45) is 7.55. The second-order valence-corrected chi connectivity index (χ2v) is 11.6. The quantitative estimate of drug-likeness (QED) is 0.779. The van der Waals surface area contributed by atoms with Crippen LogP contribution in [0.2, 0.25) is 0 Å². The minimum absolute atomic E-state index is 0.136. The number of rotatable bonds is 3. The molecule has 3 saturated heterocycles. The normalized spacial score (nSPS) is 44.2. The maximum Gasteiger partial charge on any atom is 0.226 e. The van der Waals surface area contributed by atoms with Gasteiger partial charge in [0.1, 0.15) is 11.7 Å². The molecule has 6 heteroatoms. The molecule has 2 spiro atoms. The molecule has 3 saturated carbocycles. The zero-order valence-corrected chi connectivity index (χ0v) is 17.8. The Hall–Kier alpha value is -1.79. The summed E-state index contributed by atoms with van der Waals surface area (Å²) in [7, 11) is 0. The molecule has 4 aliphatic carbocycles. The van der Waals surface area contributed by atoms with Crippen molar-refractivity contribution in [2.75, 3.05) is 19.6 Å². The summed E-state index contributed by atoms with van der Waals surface area (Å²) in [4.78, 5) is 18.6. The zero-order chi connectivity index (χ0) is 20.8. The molecule has 4 bridgehead atoms. The number of aliphatic hydroxyl groups is 1. The molecule has 5 atom stereocenters. The van der Waals surface area contributed by atoms with Gasteiger partial charge in [-0.1, -0.05) is 6.07 Å². The number of β-amino-alcohol motifs (C(OH)–C–C–N with tert-alkyl or cyclic N) is 1. The second kappa shape index (κ2) is 5.23. The van der Waals surface area contributed by atoms with Gasteiger partial charge in [-0.3, -0.25) is 9.69 Å². The maximum absolute atomic E-state index is 13.7. The third-order valence-electron chi connectivity index (χ3n) is 10.0. The molecule has 1 aromatic rings. The summed E-state index contributed by atoms with van der Waals surface area (Å²) in [5.41, 5.74) is 0.582. The van der Waals surface area contributed by atoms with E-state index in [0.717, 1.165) is 56.7 Å². The van der Waals surface area contributed by atoms with Gasteiger partial charge in [0, 0.05) is 24.1 Å². The molecular formula is C25H30N2O4. The number of hydrogen-bond acceptors (Lipinski definition) is 5. The van der Waals surface area contributed by atoms with Crippen LogP contribution in [-0.4, -0.2) is 68.8 Å². The number of hydrogen-bond donors (Lipinski definition) is 2. The molecule has 1 amide bonds. The number of carbonyl (C=O) groups is 1. The molecule has 0 radical (unpaired) electrons. The number of carbonyl (C=O) groups excluding carboxylic acids is 1. The van der Waals surface area contributed by atoms with Gasteiger partial charge in [0.05, 0.1) is 17.5 Å². The minimum Gasteiger partial charge on any atom is -0.504 e. The number of phenols is 1. The lowest BCUT2D eigenvalue weighted by atomic mass is 9.42. The van der Waals surface area contributed by atoms with Crippen LogP contribution in [0.1, 0.15) is 56.1 Å². The first-order valence-electron chi connectivity index (χ1n) is 12.3. The van der Waals surface area contributed by atoms with Gasteiger partial charge in [0.15, 0.2) is 11.5 Å². The summed E-state index contributed by atoms with van der Waals surface area (Å²) in [6, 6.07) is 4.10. The van der Waals surface area contributed by atoms with Crippen molar-refractivity contribution in [2.45, 2.75) is 80.1 Å². The van der Waals surface area contributed by atoms with Crippen LogP contribution in [0.3, 0.4) is 0 Å². The monoisotopic (exact) mass is 422 g/mol. The molecule has 1 aromatic carbocycles. The number of benzene rings is 1. The molecule has 4 heterocycles. The predicted octanol–water partition coefficient (Wildman–Crippen LogP) is 1.95. The average Bonchev–Trinajstić information content (AvgIpc) is 3.68. The predicted molar refractivity (Wildman–Crippen MR) is 112 cm³/mol. The van der Waals surface area contributed by atoms with Crippen molar-refractivity contribution in [1.82, 2.24) is 9.80 Å². The van der Waals surface area contributed by atoms with Gasteiger partial charge in [0.2, 0.25) is 5.91 Å². The molecule has 9 rings (SSSR count). The Kier molecular flexibility index (Phi) is 2.99. The highest BCUT2D eigenvalue weighted by molar-refractivity contribution is 5.84. The lowest BCUT2D eigenvalue weighted by Crippen LogP contribution is -2.89. The summed E-state index contributed by atoms with van der Waals surface area (Å²) in [6.45, 7) is 2.50. The van der Waals surface area contributed by atoms with Gasteiger partial charge in [0.25, 0.3) is 0 Å². The summed E-state index contributed by atoms with van der Waals surface area (Å²) < 4.78 is 6.52.